The molecule has 134 valence electrons. The molecule has 2 aromatic carbocycles. The van der Waals surface area contributed by atoms with Crippen molar-refractivity contribution in [2.45, 2.75) is 13.5 Å². The average Bonchev–Trinajstić information content (AvgIpc) is 3.00. The molecule has 1 aromatic heterocycles. The summed E-state index contributed by atoms with van der Waals surface area (Å²) in [5.41, 5.74) is 1.53. The van der Waals surface area contributed by atoms with E-state index in [4.69, 9.17) is 9.26 Å². The first kappa shape index (κ1) is 17.6. The number of hydrogen-bond acceptors (Lipinski definition) is 4. The van der Waals surface area contributed by atoms with E-state index in [9.17, 15) is 13.6 Å². The molecule has 0 saturated carbocycles. The van der Waals surface area contributed by atoms with E-state index < -0.39 is 17.5 Å². The summed E-state index contributed by atoms with van der Waals surface area (Å²) in [4.78, 5) is 12.6. The molecule has 0 aliphatic rings. The molecule has 0 unspecified atom stereocenters. The number of carbonyl (C=O) groups excluding carboxylic acids is 1. The lowest BCUT2D eigenvalue weighted by Crippen LogP contribution is -2.23. The third-order valence-corrected chi connectivity index (χ3v) is 3.82. The van der Waals surface area contributed by atoms with Gasteiger partial charge in [-0.05, 0) is 36.8 Å². The first-order chi connectivity index (χ1) is 12.5. The van der Waals surface area contributed by atoms with Crippen LogP contribution in [0.3, 0.4) is 0 Å². The van der Waals surface area contributed by atoms with E-state index in [0.717, 1.165) is 18.2 Å². The Labute approximate surface area is 148 Å². The minimum Gasteiger partial charge on any atom is -0.496 e. The summed E-state index contributed by atoms with van der Waals surface area (Å²) in [5.74, 6) is -1.07. The predicted molar refractivity (Wildman–Crippen MR) is 90.8 cm³/mol. The summed E-state index contributed by atoms with van der Waals surface area (Å²) in [7, 11) is 1.51. The number of benzene rings is 2. The van der Waals surface area contributed by atoms with Gasteiger partial charge in [0.2, 0.25) is 0 Å². The van der Waals surface area contributed by atoms with Crippen molar-refractivity contribution >= 4 is 5.91 Å². The fourth-order valence-electron chi connectivity index (χ4n) is 2.64. The van der Waals surface area contributed by atoms with Crippen molar-refractivity contribution in [3.8, 4) is 17.1 Å². The van der Waals surface area contributed by atoms with E-state index in [1.165, 1.54) is 7.11 Å². The van der Waals surface area contributed by atoms with Gasteiger partial charge in [-0.1, -0.05) is 17.3 Å². The van der Waals surface area contributed by atoms with Crippen molar-refractivity contribution in [1.29, 1.82) is 0 Å². The first-order valence-corrected chi connectivity index (χ1v) is 7.82. The maximum atomic E-state index is 13.3. The van der Waals surface area contributed by atoms with E-state index in [-0.39, 0.29) is 17.9 Å². The minimum absolute atomic E-state index is 0.0382. The molecule has 1 N–H and O–H groups in total. The molecule has 1 amide bonds. The minimum atomic E-state index is -0.704. The Morgan fingerprint density at radius 3 is 2.58 bits per heavy atom. The highest BCUT2D eigenvalue weighted by Crippen LogP contribution is 2.33. The van der Waals surface area contributed by atoms with Crippen LogP contribution in [0.25, 0.3) is 11.3 Å². The van der Waals surface area contributed by atoms with Gasteiger partial charge in [-0.25, -0.2) is 8.78 Å². The van der Waals surface area contributed by atoms with Gasteiger partial charge in [-0.3, -0.25) is 4.79 Å². The normalized spacial score (nSPS) is 10.6. The molecule has 0 bridgehead atoms. The summed E-state index contributed by atoms with van der Waals surface area (Å²) in [6.07, 6.45) is 0. The smallest absolute Gasteiger partial charge is 0.257 e. The zero-order chi connectivity index (χ0) is 18.7. The third kappa shape index (κ3) is 3.56. The van der Waals surface area contributed by atoms with Crippen LogP contribution in [-0.2, 0) is 6.54 Å². The summed E-state index contributed by atoms with van der Waals surface area (Å²) in [6, 6.07) is 10.2. The van der Waals surface area contributed by atoms with Gasteiger partial charge in [0, 0.05) is 12.6 Å². The van der Waals surface area contributed by atoms with E-state index >= 15 is 0 Å². The standard InChI is InChI=1S/C19H16F2N2O3/c1-11-17(18(26-23-11)15-5-3-4-6-16(15)25-2)19(24)22-10-12-7-13(20)9-14(21)8-12/h3-9H,10H2,1-2H3,(H,22,24). The van der Waals surface area contributed by atoms with Crippen LogP contribution in [0, 0.1) is 18.6 Å². The third-order valence-electron chi connectivity index (χ3n) is 3.82. The monoisotopic (exact) mass is 358 g/mol. The van der Waals surface area contributed by atoms with Crippen molar-refractivity contribution in [1.82, 2.24) is 10.5 Å². The average molecular weight is 358 g/mol. The van der Waals surface area contributed by atoms with E-state index in [0.29, 0.717) is 22.6 Å². The number of carbonyl (C=O) groups is 1. The van der Waals surface area contributed by atoms with Gasteiger partial charge in [0.25, 0.3) is 5.91 Å². The maximum absolute atomic E-state index is 13.3. The van der Waals surface area contributed by atoms with E-state index in [2.05, 4.69) is 10.5 Å². The largest absolute Gasteiger partial charge is 0.496 e. The Balaban J connectivity index is 1.87. The second kappa shape index (κ2) is 7.35. The molecule has 1 heterocycles. The Morgan fingerprint density at radius 2 is 1.88 bits per heavy atom. The van der Waals surface area contributed by atoms with Gasteiger partial charge in [0.05, 0.1) is 18.4 Å². The topological polar surface area (TPSA) is 64.4 Å². The van der Waals surface area contributed by atoms with Crippen molar-refractivity contribution in [3.05, 3.63) is 70.9 Å². The van der Waals surface area contributed by atoms with Gasteiger partial charge < -0.3 is 14.6 Å². The zero-order valence-corrected chi connectivity index (χ0v) is 14.2. The summed E-state index contributed by atoms with van der Waals surface area (Å²) < 4.78 is 37.2. The number of ether oxygens (including phenoxy) is 1. The Bertz CT molecular complexity index is 933. The number of rotatable bonds is 5. The fourth-order valence-corrected chi connectivity index (χ4v) is 2.64. The SMILES string of the molecule is COc1ccccc1-c1onc(C)c1C(=O)NCc1cc(F)cc(F)c1. The fraction of sp³-hybridized carbons (Fsp3) is 0.158. The number of nitrogens with zero attached hydrogens (tertiary/aromatic N) is 1. The number of halogens is 2. The molecule has 26 heavy (non-hydrogen) atoms. The van der Waals surface area contributed by atoms with Crippen molar-refractivity contribution in [2.24, 2.45) is 0 Å². The Hall–Kier alpha value is -3.22. The molecular weight excluding hydrogens is 342 g/mol. The van der Waals surface area contributed by atoms with Crippen LogP contribution in [0.5, 0.6) is 5.75 Å². The molecular formula is C19H16F2N2O3. The van der Waals surface area contributed by atoms with Gasteiger partial charge in [0.15, 0.2) is 5.76 Å². The summed E-state index contributed by atoms with van der Waals surface area (Å²) in [5, 5.41) is 6.49. The number of nitrogens with one attached hydrogen (secondary N) is 1. The van der Waals surface area contributed by atoms with Crippen LogP contribution >= 0.6 is 0 Å². The van der Waals surface area contributed by atoms with Crippen LogP contribution < -0.4 is 10.1 Å². The molecule has 0 aliphatic heterocycles. The molecule has 0 saturated heterocycles. The quantitative estimate of drug-likeness (QED) is 0.752. The predicted octanol–water partition coefficient (Wildman–Crippen LogP) is 3.87. The number of aryl methyl sites for hydroxylation is 1. The van der Waals surface area contributed by atoms with Gasteiger partial charge >= 0.3 is 0 Å². The van der Waals surface area contributed by atoms with Gasteiger partial charge in [-0.2, -0.15) is 0 Å². The van der Waals surface area contributed by atoms with Crippen LogP contribution in [0.15, 0.2) is 47.0 Å². The van der Waals surface area contributed by atoms with E-state index in [1.54, 1.807) is 31.2 Å². The Morgan fingerprint density at radius 1 is 1.19 bits per heavy atom. The van der Waals surface area contributed by atoms with Crippen LogP contribution in [-0.4, -0.2) is 18.2 Å². The van der Waals surface area contributed by atoms with E-state index in [1.807, 2.05) is 0 Å². The van der Waals surface area contributed by atoms with Crippen molar-refractivity contribution in [3.63, 3.8) is 0 Å². The van der Waals surface area contributed by atoms with Crippen LogP contribution in [0.2, 0.25) is 0 Å². The van der Waals surface area contributed by atoms with Crippen LogP contribution in [0.4, 0.5) is 8.78 Å². The second-order valence-corrected chi connectivity index (χ2v) is 5.63. The molecule has 7 heteroatoms. The molecule has 0 fully saturated rings. The molecule has 0 atom stereocenters. The van der Waals surface area contributed by atoms with Crippen molar-refractivity contribution in [2.75, 3.05) is 7.11 Å². The number of para-hydroxylation sites is 1. The van der Waals surface area contributed by atoms with Crippen molar-refractivity contribution < 1.29 is 22.8 Å². The molecule has 3 aromatic rings. The highest BCUT2D eigenvalue weighted by atomic mass is 19.1. The number of hydrogen-bond donors (Lipinski definition) is 1. The highest BCUT2D eigenvalue weighted by molar-refractivity contribution is 6.01. The molecule has 0 aliphatic carbocycles. The Kier molecular flexibility index (Phi) is 4.97. The molecule has 0 spiro atoms. The van der Waals surface area contributed by atoms with Crippen LogP contribution in [0.1, 0.15) is 21.6 Å². The summed E-state index contributed by atoms with van der Waals surface area (Å²) >= 11 is 0. The number of methoxy groups -OCH3 is 1. The van der Waals surface area contributed by atoms with Gasteiger partial charge in [0.1, 0.15) is 22.9 Å². The first-order valence-electron chi connectivity index (χ1n) is 7.82. The number of amides is 1. The molecule has 5 nitrogen and oxygen atoms in total. The van der Waals surface area contributed by atoms with Gasteiger partial charge in [-0.15, -0.1) is 0 Å². The molecule has 3 rings (SSSR count). The number of aromatic nitrogens is 1. The lowest BCUT2D eigenvalue weighted by Gasteiger charge is -2.08. The second-order valence-electron chi connectivity index (χ2n) is 5.63. The maximum Gasteiger partial charge on any atom is 0.257 e. The molecule has 0 radical (unpaired) electrons. The lowest BCUT2D eigenvalue weighted by molar-refractivity contribution is 0.0950. The highest BCUT2D eigenvalue weighted by Gasteiger charge is 2.23. The zero-order valence-electron chi connectivity index (χ0n) is 14.2. The summed E-state index contributed by atoms with van der Waals surface area (Å²) in [6.45, 7) is 1.60. The lowest BCUT2D eigenvalue weighted by atomic mass is 10.1.